The minimum absolute atomic E-state index is 0.0262. The SMILES string of the molecule is CC(C)[C@H]1NC(=O)CC[C@@H](C(=O)NCc2cccc(CN3CCCC3=O)c2)NC(=O)c2ccccc2OCCN(C)C1=O. The fourth-order valence-corrected chi connectivity index (χ4v) is 5.20. The van der Waals surface area contributed by atoms with Crippen molar-refractivity contribution < 1.29 is 28.7 Å². The molecule has 1 fully saturated rings. The summed E-state index contributed by atoms with van der Waals surface area (Å²) < 4.78 is 5.87. The average Bonchev–Trinajstić information content (AvgIpc) is 3.39. The highest BCUT2D eigenvalue weighted by Crippen LogP contribution is 2.19. The van der Waals surface area contributed by atoms with Crippen molar-refractivity contribution in [3.63, 3.8) is 0 Å². The van der Waals surface area contributed by atoms with E-state index in [2.05, 4.69) is 16.0 Å². The summed E-state index contributed by atoms with van der Waals surface area (Å²) in [5, 5.41) is 8.47. The van der Waals surface area contributed by atoms with Gasteiger partial charge in [-0.25, -0.2) is 0 Å². The zero-order valence-corrected chi connectivity index (χ0v) is 25.1. The first kappa shape index (κ1) is 31.5. The lowest BCUT2D eigenvalue weighted by molar-refractivity contribution is -0.137. The van der Waals surface area contributed by atoms with Crippen LogP contribution < -0.4 is 20.7 Å². The normalized spacial score (nSPS) is 20.5. The Morgan fingerprint density at radius 2 is 1.77 bits per heavy atom. The van der Waals surface area contributed by atoms with Crippen LogP contribution in [0.1, 0.15) is 61.0 Å². The van der Waals surface area contributed by atoms with E-state index in [4.69, 9.17) is 4.74 Å². The number of likely N-dealkylation sites (tertiary alicyclic amines) is 1. The number of nitrogens with zero attached hydrogens (tertiary/aromatic N) is 2. The van der Waals surface area contributed by atoms with Gasteiger partial charge in [0, 0.05) is 39.5 Å². The van der Waals surface area contributed by atoms with Gasteiger partial charge in [0.1, 0.15) is 24.4 Å². The Balaban J connectivity index is 1.49. The van der Waals surface area contributed by atoms with Gasteiger partial charge in [0.2, 0.25) is 23.6 Å². The molecule has 0 aliphatic carbocycles. The van der Waals surface area contributed by atoms with Gasteiger partial charge in [0.25, 0.3) is 5.91 Å². The summed E-state index contributed by atoms with van der Waals surface area (Å²) in [6.07, 6.45) is 1.39. The molecular formula is C32H41N5O6. The molecule has 0 bridgehead atoms. The zero-order chi connectivity index (χ0) is 30.9. The van der Waals surface area contributed by atoms with Crippen molar-refractivity contribution in [3.8, 4) is 5.75 Å². The van der Waals surface area contributed by atoms with Crippen LogP contribution in [0.4, 0.5) is 0 Å². The average molecular weight is 592 g/mol. The van der Waals surface area contributed by atoms with Crippen molar-refractivity contribution in [2.75, 3.05) is 26.7 Å². The van der Waals surface area contributed by atoms with Crippen molar-refractivity contribution in [2.45, 2.75) is 64.7 Å². The second kappa shape index (κ2) is 14.7. The van der Waals surface area contributed by atoms with E-state index in [1.54, 1.807) is 31.3 Å². The fraction of sp³-hybridized carbons (Fsp3) is 0.469. The first-order valence-electron chi connectivity index (χ1n) is 14.8. The molecule has 2 aliphatic rings. The first-order valence-corrected chi connectivity index (χ1v) is 14.8. The maximum absolute atomic E-state index is 13.4. The number of rotatable bonds is 6. The third-order valence-electron chi connectivity index (χ3n) is 7.73. The van der Waals surface area contributed by atoms with Crippen molar-refractivity contribution in [3.05, 3.63) is 65.2 Å². The number of likely N-dealkylation sites (N-methyl/N-ethyl adjacent to an activating group) is 1. The van der Waals surface area contributed by atoms with E-state index >= 15 is 0 Å². The van der Waals surface area contributed by atoms with E-state index in [1.165, 1.54) is 4.90 Å². The van der Waals surface area contributed by atoms with Gasteiger partial charge in [-0.1, -0.05) is 50.2 Å². The summed E-state index contributed by atoms with van der Waals surface area (Å²) in [5.74, 6) is -1.26. The molecule has 3 N–H and O–H groups in total. The third kappa shape index (κ3) is 8.56. The number of hydrogen-bond acceptors (Lipinski definition) is 6. The molecule has 4 rings (SSSR count). The number of benzene rings is 2. The molecule has 11 heteroatoms. The van der Waals surface area contributed by atoms with Crippen molar-refractivity contribution in [1.82, 2.24) is 25.8 Å². The summed E-state index contributed by atoms with van der Waals surface area (Å²) in [5.41, 5.74) is 2.06. The Morgan fingerprint density at radius 3 is 2.51 bits per heavy atom. The van der Waals surface area contributed by atoms with Crippen LogP contribution in [0.25, 0.3) is 0 Å². The zero-order valence-electron chi connectivity index (χ0n) is 25.1. The Labute approximate surface area is 252 Å². The molecule has 5 amide bonds. The Hall–Kier alpha value is -4.41. The Kier molecular flexibility index (Phi) is 10.7. The van der Waals surface area contributed by atoms with Crippen LogP contribution in [0.2, 0.25) is 0 Å². The van der Waals surface area contributed by atoms with Gasteiger partial charge in [-0.05, 0) is 42.0 Å². The van der Waals surface area contributed by atoms with E-state index in [0.717, 1.165) is 24.1 Å². The van der Waals surface area contributed by atoms with E-state index < -0.39 is 23.9 Å². The number of carbonyl (C=O) groups is 5. The molecule has 0 unspecified atom stereocenters. The highest BCUT2D eigenvalue weighted by molar-refractivity contribution is 5.99. The summed E-state index contributed by atoms with van der Waals surface area (Å²) in [6, 6.07) is 12.6. The molecule has 0 aromatic heterocycles. The van der Waals surface area contributed by atoms with E-state index in [9.17, 15) is 24.0 Å². The number of fused-ring (bicyclic) bond motifs is 1. The van der Waals surface area contributed by atoms with Crippen molar-refractivity contribution >= 4 is 29.5 Å². The molecule has 1 saturated heterocycles. The van der Waals surface area contributed by atoms with Crippen molar-refractivity contribution in [1.29, 1.82) is 0 Å². The van der Waals surface area contributed by atoms with E-state index in [1.807, 2.05) is 43.0 Å². The second-order valence-electron chi connectivity index (χ2n) is 11.4. The summed E-state index contributed by atoms with van der Waals surface area (Å²) in [6.45, 7) is 5.57. The number of amides is 5. The predicted octanol–water partition coefficient (Wildman–Crippen LogP) is 2.00. The molecule has 2 aromatic rings. The molecule has 43 heavy (non-hydrogen) atoms. The van der Waals surface area contributed by atoms with Crippen LogP contribution in [0.5, 0.6) is 5.75 Å². The minimum atomic E-state index is -1.02. The number of ether oxygens (including phenoxy) is 1. The number of carbonyl (C=O) groups excluding carboxylic acids is 5. The molecule has 230 valence electrons. The smallest absolute Gasteiger partial charge is 0.255 e. The first-order chi connectivity index (χ1) is 20.6. The maximum Gasteiger partial charge on any atom is 0.255 e. The van der Waals surface area contributed by atoms with Gasteiger partial charge < -0.3 is 30.5 Å². The standard InChI is InChI=1S/C32H41N5O6/c1-21(2)29-32(42)36(3)16-17-43-26-11-5-4-10-24(26)30(40)34-25(13-14-27(38)35-29)31(41)33-19-22-8-6-9-23(18-22)20-37-15-7-12-28(37)39/h4-6,8-11,18,21,25,29H,7,12-17,19-20H2,1-3H3,(H,33,41)(H,34,40)(H,35,38)/t25-,29+/m0/s1. The molecule has 0 spiro atoms. The van der Waals surface area contributed by atoms with Crippen molar-refractivity contribution in [2.24, 2.45) is 5.92 Å². The topological polar surface area (TPSA) is 137 Å². The highest BCUT2D eigenvalue weighted by Gasteiger charge is 2.29. The van der Waals surface area contributed by atoms with Gasteiger partial charge in [0.05, 0.1) is 12.1 Å². The second-order valence-corrected chi connectivity index (χ2v) is 11.4. The van der Waals surface area contributed by atoms with Gasteiger partial charge >= 0.3 is 0 Å². The molecule has 0 radical (unpaired) electrons. The lowest BCUT2D eigenvalue weighted by Crippen LogP contribution is -2.51. The summed E-state index contributed by atoms with van der Waals surface area (Å²) >= 11 is 0. The molecule has 11 nitrogen and oxygen atoms in total. The number of hydrogen-bond donors (Lipinski definition) is 3. The summed E-state index contributed by atoms with van der Waals surface area (Å²) in [4.78, 5) is 68.1. The minimum Gasteiger partial charge on any atom is -0.491 e. The Bertz CT molecular complexity index is 1350. The monoisotopic (exact) mass is 591 g/mol. The largest absolute Gasteiger partial charge is 0.491 e. The van der Waals surface area contributed by atoms with Crippen LogP contribution in [0, 0.1) is 5.92 Å². The number of nitrogens with one attached hydrogen (secondary N) is 3. The molecule has 2 atom stereocenters. The molecule has 2 aromatic carbocycles. The molecular weight excluding hydrogens is 550 g/mol. The molecule has 0 saturated carbocycles. The lowest BCUT2D eigenvalue weighted by atomic mass is 10.0. The van der Waals surface area contributed by atoms with E-state index in [-0.39, 0.29) is 61.7 Å². The van der Waals surface area contributed by atoms with Gasteiger partial charge in [-0.2, -0.15) is 0 Å². The highest BCUT2D eigenvalue weighted by atomic mass is 16.5. The van der Waals surface area contributed by atoms with Gasteiger partial charge in [-0.15, -0.1) is 0 Å². The predicted molar refractivity (Wildman–Crippen MR) is 160 cm³/mol. The third-order valence-corrected chi connectivity index (χ3v) is 7.73. The van der Waals surface area contributed by atoms with Gasteiger partial charge in [-0.3, -0.25) is 24.0 Å². The Morgan fingerprint density at radius 1 is 1.00 bits per heavy atom. The van der Waals surface area contributed by atoms with Crippen LogP contribution >= 0.6 is 0 Å². The van der Waals surface area contributed by atoms with Crippen LogP contribution in [0.15, 0.2) is 48.5 Å². The van der Waals surface area contributed by atoms with Crippen LogP contribution in [-0.2, 0) is 32.3 Å². The van der Waals surface area contributed by atoms with Gasteiger partial charge in [0.15, 0.2) is 0 Å². The molecule has 2 aliphatic heterocycles. The fourth-order valence-electron chi connectivity index (χ4n) is 5.20. The summed E-state index contributed by atoms with van der Waals surface area (Å²) in [7, 11) is 1.64. The molecule has 2 heterocycles. The number of para-hydroxylation sites is 1. The lowest BCUT2D eigenvalue weighted by Gasteiger charge is -2.27. The quantitative estimate of drug-likeness (QED) is 0.470. The van der Waals surface area contributed by atoms with E-state index in [0.29, 0.717) is 18.7 Å². The van der Waals surface area contributed by atoms with Crippen LogP contribution in [-0.4, -0.2) is 78.2 Å². The maximum atomic E-state index is 13.4. The van der Waals surface area contributed by atoms with Crippen LogP contribution in [0.3, 0.4) is 0 Å².